The van der Waals surface area contributed by atoms with Gasteiger partial charge in [0.2, 0.25) is 0 Å². The van der Waals surface area contributed by atoms with Gasteiger partial charge in [-0.2, -0.15) is 0 Å². The molecule has 0 aliphatic rings. The van der Waals surface area contributed by atoms with Crippen LogP contribution in [0.25, 0.3) is 0 Å². The molecule has 0 aliphatic heterocycles. The first-order valence-electron chi connectivity index (χ1n) is 6.31. The highest BCUT2D eigenvalue weighted by atomic mass is 35.5. The van der Waals surface area contributed by atoms with Crippen LogP contribution in [-0.2, 0) is 6.42 Å². The molecule has 0 atom stereocenters. The molecular weight excluding hydrogens is 274 g/mol. The minimum atomic E-state index is -0.261. The number of hydrogen-bond acceptors (Lipinski definition) is 3. The van der Waals surface area contributed by atoms with Crippen LogP contribution in [0.3, 0.4) is 0 Å². The molecule has 0 saturated heterocycles. The predicted molar refractivity (Wildman–Crippen MR) is 80.9 cm³/mol. The first-order valence-corrected chi connectivity index (χ1v) is 6.69. The SMILES string of the molecule is Cc1ccccc1CCNC(=O)c1cc(N)cnc1Cl. The zero-order chi connectivity index (χ0) is 14.5. The van der Waals surface area contributed by atoms with Gasteiger partial charge in [0.15, 0.2) is 0 Å². The average Bonchev–Trinajstić information content (AvgIpc) is 2.43. The molecule has 0 fully saturated rings. The second kappa shape index (κ2) is 6.39. The lowest BCUT2D eigenvalue weighted by molar-refractivity contribution is 0.0954. The molecule has 20 heavy (non-hydrogen) atoms. The van der Waals surface area contributed by atoms with Crippen LogP contribution in [0.5, 0.6) is 0 Å². The summed E-state index contributed by atoms with van der Waals surface area (Å²) in [4.78, 5) is 15.9. The van der Waals surface area contributed by atoms with E-state index in [-0.39, 0.29) is 11.1 Å². The normalized spacial score (nSPS) is 10.3. The minimum absolute atomic E-state index is 0.160. The maximum Gasteiger partial charge on any atom is 0.254 e. The van der Waals surface area contributed by atoms with Gasteiger partial charge in [-0.3, -0.25) is 4.79 Å². The van der Waals surface area contributed by atoms with E-state index in [1.807, 2.05) is 12.1 Å². The number of hydrogen-bond donors (Lipinski definition) is 2. The molecule has 0 aliphatic carbocycles. The molecule has 5 heteroatoms. The lowest BCUT2D eigenvalue weighted by Gasteiger charge is -2.08. The lowest BCUT2D eigenvalue weighted by Crippen LogP contribution is -2.26. The third kappa shape index (κ3) is 3.48. The van der Waals surface area contributed by atoms with Crippen molar-refractivity contribution >= 4 is 23.2 Å². The van der Waals surface area contributed by atoms with Crippen molar-refractivity contribution in [3.8, 4) is 0 Å². The van der Waals surface area contributed by atoms with Crippen LogP contribution >= 0.6 is 11.6 Å². The van der Waals surface area contributed by atoms with Crippen molar-refractivity contribution in [1.82, 2.24) is 10.3 Å². The van der Waals surface area contributed by atoms with Crippen molar-refractivity contribution in [3.63, 3.8) is 0 Å². The van der Waals surface area contributed by atoms with Gasteiger partial charge in [0.05, 0.1) is 17.4 Å². The summed E-state index contributed by atoms with van der Waals surface area (Å²) >= 11 is 5.88. The second-order valence-corrected chi connectivity index (χ2v) is 4.90. The van der Waals surface area contributed by atoms with Crippen LogP contribution in [0.1, 0.15) is 21.5 Å². The van der Waals surface area contributed by atoms with E-state index in [0.29, 0.717) is 17.8 Å². The third-order valence-corrected chi connectivity index (χ3v) is 3.35. The summed E-state index contributed by atoms with van der Waals surface area (Å²) in [5.74, 6) is -0.261. The number of carbonyl (C=O) groups is 1. The Hall–Kier alpha value is -2.07. The van der Waals surface area contributed by atoms with Crippen LogP contribution in [0.4, 0.5) is 5.69 Å². The van der Waals surface area contributed by atoms with Crippen molar-refractivity contribution in [2.75, 3.05) is 12.3 Å². The molecular formula is C15H16ClN3O. The maximum atomic E-state index is 12.0. The molecule has 0 spiro atoms. The standard InChI is InChI=1S/C15H16ClN3O/c1-10-4-2-3-5-11(10)6-7-18-15(20)13-8-12(17)9-19-14(13)16/h2-5,8-9H,6-7,17H2,1H3,(H,18,20). The van der Waals surface area contributed by atoms with Crippen LogP contribution in [0.2, 0.25) is 5.15 Å². The second-order valence-electron chi connectivity index (χ2n) is 4.54. The molecule has 0 unspecified atom stereocenters. The first kappa shape index (κ1) is 14.3. The van der Waals surface area contributed by atoms with E-state index >= 15 is 0 Å². The molecule has 104 valence electrons. The average molecular weight is 290 g/mol. The highest BCUT2D eigenvalue weighted by molar-refractivity contribution is 6.32. The molecule has 2 aromatic rings. The van der Waals surface area contributed by atoms with Crippen LogP contribution in [-0.4, -0.2) is 17.4 Å². The van der Waals surface area contributed by atoms with Crippen molar-refractivity contribution in [2.45, 2.75) is 13.3 Å². The number of carbonyl (C=O) groups excluding carboxylic acids is 1. The van der Waals surface area contributed by atoms with Gasteiger partial charge in [0.25, 0.3) is 5.91 Å². The Kier molecular flexibility index (Phi) is 4.58. The Morgan fingerprint density at radius 3 is 2.90 bits per heavy atom. The summed E-state index contributed by atoms with van der Waals surface area (Å²) in [6, 6.07) is 9.61. The highest BCUT2D eigenvalue weighted by Crippen LogP contribution is 2.15. The number of pyridine rings is 1. The van der Waals surface area contributed by atoms with Gasteiger partial charge in [0, 0.05) is 6.54 Å². The molecule has 1 aromatic carbocycles. The molecule has 1 aromatic heterocycles. The monoisotopic (exact) mass is 289 g/mol. The topological polar surface area (TPSA) is 68.0 Å². The number of benzene rings is 1. The van der Waals surface area contributed by atoms with E-state index in [1.54, 1.807) is 0 Å². The molecule has 4 nitrogen and oxygen atoms in total. The number of aromatic nitrogens is 1. The first-order chi connectivity index (χ1) is 9.58. The molecule has 0 radical (unpaired) electrons. The van der Waals surface area contributed by atoms with Crippen LogP contribution < -0.4 is 11.1 Å². The smallest absolute Gasteiger partial charge is 0.254 e. The summed E-state index contributed by atoms with van der Waals surface area (Å²) in [5.41, 5.74) is 8.75. The number of nitrogen functional groups attached to an aromatic ring is 1. The van der Waals surface area contributed by atoms with E-state index in [1.165, 1.54) is 23.4 Å². The van der Waals surface area contributed by atoms with Crippen LogP contribution in [0.15, 0.2) is 36.5 Å². The van der Waals surface area contributed by atoms with Crippen molar-refractivity contribution in [2.24, 2.45) is 0 Å². The van der Waals surface area contributed by atoms with E-state index in [9.17, 15) is 4.79 Å². The Morgan fingerprint density at radius 2 is 2.15 bits per heavy atom. The molecule has 0 saturated carbocycles. The van der Waals surface area contributed by atoms with Crippen molar-refractivity contribution < 1.29 is 4.79 Å². The van der Waals surface area contributed by atoms with Gasteiger partial charge in [-0.25, -0.2) is 4.98 Å². The highest BCUT2D eigenvalue weighted by Gasteiger charge is 2.11. The van der Waals surface area contributed by atoms with E-state index in [2.05, 4.69) is 29.4 Å². The van der Waals surface area contributed by atoms with Gasteiger partial charge in [0.1, 0.15) is 5.15 Å². The van der Waals surface area contributed by atoms with Gasteiger partial charge in [-0.1, -0.05) is 35.9 Å². The summed E-state index contributed by atoms with van der Waals surface area (Å²) < 4.78 is 0. The maximum absolute atomic E-state index is 12.0. The molecule has 0 bridgehead atoms. The molecule has 3 N–H and O–H groups in total. The Morgan fingerprint density at radius 1 is 1.40 bits per heavy atom. The number of aryl methyl sites for hydroxylation is 1. The molecule has 2 rings (SSSR count). The van der Waals surface area contributed by atoms with Crippen LogP contribution in [0, 0.1) is 6.92 Å². The van der Waals surface area contributed by atoms with Crippen molar-refractivity contribution in [3.05, 3.63) is 58.4 Å². The Balaban J connectivity index is 1.96. The fraction of sp³-hybridized carbons (Fsp3) is 0.200. The van der Waals surface area contributed by atoms with Crippen molar-refractivity contribution in [1.29, 1.82) is 0 Å². The Bertz CT molecular complexity index is 628. The summed E-state index contributed by atoms with van der Waals surface area (Å²) in [7, 11) is 0. The number of nitrogens with one attached hydrogen (secondary N) is 1. The molecule has 1 heterocycles. The number of rotatable bonds is 4. The van der Waals surface area contributed by atoms with E-state index < -0.39 is 0 Å². The quantitative estimate of drug-likeness (QED) is 0.850. The Labute approximate surface area is 123 Å². The number of halogens is 1. The van der Waals surface area contributed by atoms with Gasteiger partial charge in [-0.05, 0) is 30.5 Å². The zero-order valence-corrected chi connectivity index (χ0v) is 11.9. The largest absolute Gasteiger partial charge is 0.397 e. The van der Waals surface area contributed by atoms with Gasteiger partial charge >= 0.3 is 0 Å². The fourth-order valence-electron chi connectivity index (χ4n) is 1.92. The zero-order valence-electron chi connectivity index (χ0n) is 11.2. The summed E-state index contributed by atoms with van der Waals surface area (Å²) in [5, 5.41) is 2.98. The third-order valence-electron chi connectivity index (χ3n) is 3.05. The summed E-state index contributed by atoms with van der Waals surface area (Å²) in [6.07, 6.45) is 2.19. The van der Waals surface area contributed by atoms with E-state index in [4.69, 9.17) is 17.3 Å². The number of amides is 1. The van der Waals surface area contributed by atoms with Gasteiger partial charge < -0.3 is 11.1 Å². The number of nitrogens with zero attached hydrogens (tertiary/aromatic N) is 1. The summed E-state index contributed by atoms with van der Waals surface area (Å²) in [6.45, 7) is 2.59. The minimum Gasteiger partial charge on any atom is -0.397 e. The number of nitrogens with two attached hydrogens (primary N) is 1. The van der Waals surface area contributed by atoms with Gasteiger partial charge in [-0.15, -0.1) is 0 Å². The lowest BCUT2D eigenvalue weighted by atomic mass is 10.1. The van der Waals surface area contributed by atoms with E-state index in [0.717, 1.165) is 6.42 Å². The molecule has 1 amide bonds. The fourth-order valence-corrected chi connectivity index (χ4v) is 2.11. The predicted octanol–water partition coefficient (Wildman–Crippen LogP) is 2.60. The number of anilines is 1.